The molecule has 1 aromatic rings. The molecule has 0 amide bonds. The second kappa shape index (κ2) is 5.07. The first-order chi connectivity index (χ1) is 7.83. The summed E-state index contributed by atoms with van der Waals surface area (Å²) in [7, 11) is 1.58. The third-order valence-electron chi connectivity index (χ3n) is 2.92. The van der Waals surface area contributed by atoms with Crippen LogP contribution in [0.5, 0.6) is 6.01 Å². The topological polar surface area (TPSA) is 38.2 Å². The molecular formula is C12H17N3O. The fourth-order valence-corrected chi connectivity index (χ4v) is 1.85. The Morgan fingerprint density at radius 2 is 2.12 bits per heavy atom. The Hall–Kier alpha value is -1.42. The third kappa shape index (κ3) is 2.39. The maximum Gasteiger partial charge on any atom is 0.316 e. The van der Waals surface area contributed by atoms with Crippen LogP contribution in [0.2, 0.25) is 0 Å². The molecule has 0 aromatic carbocycles. The van der Waals surface area contributed by atoms with E-state index in [2.05, 4.69) is 27.9 Å². The van der Waals surface area contributed by atoms with Crippen LogP contribution in [0.25, 0.3) is 5.57 Å². The minimum absolute atomic E-state index is 0.426. The molecule has 4 nitrogen and oxygen atoms in total. The second-order valence-electron chi connectivity index (χ2n) is 3.83. The number of rotatable bonds is 3. The Balaban J connectivity index is 2.10. The van der Waals surface area contributed by atoms with Crippen molar-refractivity contribution in [2.45, 2.75) is 13.3 Å². The van der Waals surface area contributed by atoms with E-state index >= 15 is 0 Å². The minimum atomic E-state index is 0.426. The van der Waals surface area contributed by atoms with Gasteiger partial charge in [0, 0.05) is 31.0 Å². The summed E-state index contributed by atoms with van der Waals surface area (Å²) in [6.45, 7) is 5.45. The van der Waals surface area contributed by atoms with E-state index in [1.54, 1.807) is 7.11 Å². The highest BCUT2D eigenvalue weighted by Crippen LogP contribution is 2.21. The van der Waals surface area contributed by atoms with Gasteiger partial charge in [-0.2, -0.15) is 0 Å². The van der Waals surface area contributed by atoms with Gasteiger partial charge in [-0.25, -0.2) is 9.97 Å². The van der Waals surface area contributed by atoms with Crippen molar-refractivity contribution < 1.29 is 4.74 Å². The van der Waals surface area contributed by atoms with Crippen LogP contribution in [-0.4, -0.2) is 41.6 Å². The Morgan fingerprint density at radius 1 is 1.38 bits per heavy atom. The number of hydrogen-bond acceptors (Lipinski definition) is 4. The third-order valence-corrected chi connectivity index (χ3v) is 2.92. The van der Waals surface area contributed by atoms with Gasteiger partial charge in [0.2, 0.25) is 0 Å². The number of hydrogen-bond donors (Lipinski definition) is 0. The number of methoxy groups -OCH3 is 1. The van der Waals surface area contributed by atoms with Crippen LogP contribution in [-0.2, 0) is 0 Å². The Labute approximate surface area is 96.0 Å². The Kier molecular flexibility index (Phi) is 3.51. The molecule has 4 heteroatoms. The van der Waals surface area contributed by atoms with Crippen LogP contribution >= 0.6 is 0 Å². The molecule has 16 heavy (non-hydrogen) atoms. The van der Waals surface area contributed by atoms with Crippen LogP contribution in [0.1, 0.15) is 18.9 Å². The van der Waals surface area contributed by atoms with E-state index in [9.17, 15) is 0 Å². The SMILES string of the molecule is CCN1CC=C(c2cnc(OC)nc2)CC1. The molecule has 2 rings (SSSR count). The first-order valence-electron chi connectivity index (χ1n) is 5.61. The molecule has 0 fully saturated rings. The summed E-state index contributed by atoms with van der Waals surface area (Å²) in [5.41, 5.74) is 2.45. The molecule has 0 atom stereocenters. The Bertz CT molecular complexity index is 372. The van der Waals surface area contributed by atoms with Gasteiger partial charge in [-0.15, -0.1) is 0 Å². The van der Waals surface area contributed by atoms with Gasteiger partial charge in [-0.3, -0.25) is 4.90 Å². The molecule has 0 unspecified atom stereocenters. The van der Waals surface area contributed by atoms with E-state index in [-0.39, 0.29) is 0 Å². The maximum absolute atomic E-state index is 4.94. The molecule has 2 heterocycles. The van der Waals surface area contributed by atoms with Crippen molar-refractivity contribution in [1.82, 2.24) is 14.9 Å². The first kappa shape index (κ1) is 11.1. The van der Waals surface area contributed by atoms with Gasteiger partial charge in [0.05, 0.1) is 7.11 Å². The molecule has 0 N–H and O–H groups in total. The van der Waals surface area contributed by atoms with Gasteiger partial charge in [-0.1, -0.05) is 13.0 Å². The molecule has 0 bridgehead atoms. The second-order valence-corrected chi connectivity index (χ2v) is 3.83. The van der Waals surface area contributed by atoms with Crippen LogP contribution in [0.15, 0.2) is 18.5 Å². The summed E-state index contributed by atoms with van der Waals surface area (Å²) in [5, 5.41) is 0. The summed E-state index contributed by atoms with van der Waals surface area (Å²) in [5.74, 6) is 0. The minimum Gasteiger partial charge on any atom is -0.467 e. The quantitative estimate of drug-likeness (QED) is 0.774. The molecule has 86 valence electrons. The Morgan fingerprint density at radius 3 is 2.62 bits per heavy atom. The lowest BCUT2D eigenvalue weighted by Crippen LogP contribution is -2.28. The molecule has 1 aliphatic rings. The van der Waals surface area contributed by atoms with Gasteiger partial charge < -0.3 is 4.74 Å². The number of ether oxygens (including phenoxy) is 1. The van der Waals surface area contributed by atoms with Crippen LogP contribution in [0.3, 0.4) is 0 Å². The van der Waals surface area contributed by atoms with E-state index < -0.39 is 0 Å². The first-order valence-corrected chi connectivity index (χ1v) is 5.61. The molecule has 0 saturated carbocycles. The zero-order valence-corrected chi connectivity index (χ0v) is 9.81. The molecule has 1 aromatic heterocycles. The predicted molar refractivity (Wildman–Crippen MR) is 63.3 cm³/mol. The molecular weight excluding hydrogens is 202 g/mol. The molecule has 1 aliphatic heterocycles. The van der Waals surface area contributed by atoms with Crippen molar-refractivity contribution in [1.29, 1.82) is 0 Å². The van der Waals surface area contributed by atoms with E-state index in [1.807, 2.05) is 12.4 Å². The standard InChI is InChI=1S/C12H17N3O/c1-3-15-6-4-10(5-7-15)11-8-13-12(16-2)14-9-11/h4,8-9H,3,5-7H2,1-2H3. The lowest BCUT2D eigenvalue weighted by molar-refractivity contribution is 0.318. The summed E-state index contributed by atoms with van der Waals surface area (Å²) in [6.07, 6.45) is 7.00. The molecule has 0 aliphatic carbocycles. The average molecular weight is 219 g/mol. The largest absolute Gasteiger partial charge is 0.467 e. The highest BCUT2D eigenvalue weighted by molar-refractivity contribution is 5.65. The monoisotopic (exact) mass is 219 g/mol. The van der Waals surface area contributed by atoms with Crippen molar-refractivity contribution in [3.63, 3.8) is 0 Å². The van der Waals surface area contributed by atoms with E-state index in [1.165, 1.54) is 5.57 Å². The van der Waals surface area contributed by atoms with Gasteiger partial charge in [0.15, 0.2) is 0 Å². The lowest BCUT2D eigenvalue weighted by atomic mass is 10.0. The molecule has 0 saturated heterocycles. The van der Waals surface area contributed by atoms with Crippen molar-refractivity contribution in [3.05, 3.63) is 24.0 Å². The van der Waals surface area contributed by atoms with Crippen molar-refractivity contribution in [3.8, 4) is 6.01 Å². The molecule has 0 radical (unpaired) electrons. The predicted octanol–water partition coefficient (Wildman–Crippen LogP) is 1.59. The van der Waals surface area contributed by atoms with Crippen molar-refractivity contribution in [2.24, 2.45) is 0 Å². The van der Waals surface area contributed by atoms with Gasteiger partial charge >= 0.3 is 6.01 Å². The zero-order valence-electron chi connectivity index (χ0n) is 9.81. The van der Waals surface area contributed by atoms with Crippen LogP contribution in [0, 0.1) is 0 Å². The lowest BCUT2D eigenvalue weighted by Gasteiger charge is -2.24. The summed E-state index contributed by atoms with van der Waals surface area (Å²) >= 11 is 0. The summed E-state index contributed by atoms with van der Waals surface area (Å²) in [4.78, 5) is 10.7. The molecule has 0 spiro atoms. The van der Waals surface area contributed by atoms with Gasteiger partial charge in [-0.05, 0) is 18.5 Å². The normalized spacial score (nSPS) is 17.0. The zero-order chi connectivity index (χ0) is 11.4. The smallest absolute Gasteiger partial charge is 0.316 e. The maximum atomic E-state index is 4.94. The number of aromatic nitrogens is 2. The van der Waals surface area contributed by atoms with Crippen LogP contribution in [0.4, 0.5) is 0 Å². The van der Waals surface area contributed by atoms with Gasteiger partial charge in [0.1, 0.15) is 0 Å². The highest BCUT2D eigenvalue weighted by Gasteiger charge is 2.11. The summed E-state index contributed by atoms with van der Waals surface area (Å²) in [6, 6.07) is 0.426. The van der Waals surface area contributed by atoms with Crippen molar-refractivity contribution >= 4 is 5.57 Å². The number of likely N-dealkylation sites (N-methyl/N-ethyl adjacent to an activating group) is 1. The fraction of sp³-hybridized carbons (Fsp3) is 0.500. The van der Waals surface area contributed by atoms with E-state index in [4.69, 9.17) is 4.74 Å². The summed E-state index contributed by atoms with van der Waals surface area (Å²) < 4.78 is 4.94. The van der Waals surface area contributed by atoms with E-state index in [0.717, 1.165) is 31.6 Å². The highest BCUT2D eigenvalue weighted by atomic mass is 16.5. The fourth-order valence-electron chi connectivity index (χ4n) is 1.85. The van der Waals surface area contributed by atoms with E-state index in [0.29, 0.717) is 6.01 Å². The van der Waals surface area contributed by atoms with Crippen molar-refractivity contribution in [2.75, 3.05) is 26.7 Å². The average Bonchev–Trinajstić information content (AvgIpc) is 2.39. The van der Waals surface area contributed by atoms with Gasteiger partial charge in [0.25, 0.3) is 0 Å². The van der Waals surface area contributed by atoms with Crippen LogP contribution < -0.4 is 4.74 Å². The number of nitrogens with zero attached hydrogens (tertiary/aromatic N) is 3.